The van der Waals surface area contributed by atoms with E-state index in [1.165, 1.54) is 0 Å². The first-order valence-corrected chi connectivity index (χ1v) is 5.09. The zero-order valence-corrected chi connectivity index (χ0v) is 10.2. The van der Waals surface area contributed by atoms with Crippen LogP contribution < -0.4 is 11.1 Å². The third-order valence-corrected chi connectivity index (χ3v) is 2.97. The Hall–Kier alpha value is -1.08. The van der Waals surface area contributed by atoms with Crippen molar-refractivity contribution in [3.05, 3.63) is 0 Å². The third-order valence-electron chi connectivity index (χ3n) is 2.97. The van der Waals surface area contributed by atoms with Crippen molar-refractivity contribution < 1.29 is 4.79 Å². The summed E-state index contributed by atoms with van der Waals surface area (Å²) in [6.45, 7) is 9.38. The van der Waals surface area contributed by atoms with Gasteiger partial charge in [0.15, 0.2) is 0 Å². The Morgan fingerprint density at radius 1 is 1.47 bits per heavy atom. The Labute approximate surface area is 91.8 Å². The summed E-state index contributed by atoms with van der Waals surface area (Å²) in [5.74, 6) is -0.289. The molecule has 0 radical (unpaired) electrons. The fourth-order valence-electron chi connectivity index (χ4n) is 0.805. The molecule has 0 saturated heterocycles. The van der Waals surface area contributed by atoms with Crippen LogP contribution in [-0.2, 0) is 4.79 Å². The summed E-state index contributed by atoms with van der Waals surface area (Å²) in [5.41, 5.74) is 4.69. The molecule has 15 heavy (non-hydrogen) atoms. The van der Waals surface area contributed by atoms with E-state index in [1.807, 2.05) is 13.8 Å². The van der Waals surface area contributed by atoms with Crippen LogP contribution in [0.5, 0.6) is 0 Å². The van der Waals surface area contributed by atoms with E-state index in [9.17, 15) is 4.79 Å². The molecule has 0 aromatic carbocycles. The zero-order chi connectivity index (χ0) is 12.3. The lowest BCUT2D eigenvalue weighted by Crippen LogP contribution is -2.55. The summed E-state index contributed by atoms with van der Waals surface area (Å²) in [6.07, 6.45) is 0. The molecule has 1 unspecified atom stereocenters. The third kappa shape index (κ3) is 3.52. The minimum absolute atomic E-state index is 0.114. The summed E-state index contributed by atoms with van der Waals surface area (Å²) in [7, 11) is 0. The van der Waals surface area contributed by atoms with Crippen molar-refractivity contribution >= 4 is 5.91 Å². The number of nitrogens with one attached hydrogen (secondary N) is 1. The summed E-state index contributed by atoms with van der Waals surface area (Å²) in [5, 5.41) is 11.3. The quantitative estimate of drug-likeness (QED) is 0.728. The van der Waals surface area contributed by atoms with Gasteiger partial charge in [0.1, 0.15) is 0 Å². The predicted molar refractivity (Wildman–Crippen MR) is 59.8 cm³/mol. The van der Waals surface area contributed by atoms with E-state index in [-0.39, 0.29) is 11.8 Å². The zero-order valence-electron chi connectivity index (χ0n) is 10.2. The van der Waals surface area contributed by atoms with Crippen LogP contribution in [0.2, 0.25) is 0 Å². The number of carbonyl (C=O) groups is 1. The SMILES string of the molecule is CC(C#N)CNC(=O)C(C)(C)C(C)(C)N. The molecule has 0 aromatic heterocycles. The Balaban J connectivity index is 4.41. The minimum Gasteiger partial charge on any atom is -0.354 e. The van der Waals surface area contributed by atoms with Gasteiger partial charge in [-0.3, -0.25) is 4.79 Å². The number of rotatable bonds is 4. The van der Waals surface area contributed by atoms with Crippen molar-refractivity contribution in [2.45, 2.75) is 40.2 Å². The molecule has 86 valence electrons. The van der Waals surface area contributed by atoms with Crippen molar-refractivity contribution in [2.75, 3.05) is 6.54 Å². The van der Waals surface area contributed by atoms with E-state index in [2.05, 4.69) is 11.4 Å². The van der Waals surface area contributed by atoms with Gasteiger partial charge in [-0.2, -0.15) is 5.26 Å². The molecule has 4 heteroatoms. The summed E-state index contributed by atoms with van der Waals surface area (Å²) in [6, 6.07) is 2.06. The Morgan fingerprint density at radius 2 is 1.93 bits per heavy atom. The highest BCUT2D eigenvalue weighted by Gasteiger charge is 2.40. The number of hydrogen-bond donors (Lipinski definition) is 2. The molecule has 0 spiro atoms. The van der Waals surface area contributed by atoms with Crippen molar-refractivity contribution in [3.8, 4) is 6.07 Å². The fourth-order valence-corrected chi connectivity index (χ4v) is 0.805. The molecule has 0 bridgehead atoms. The van der Waals surface area contributed by atoms with Crippen LogP contribution in [0, 0.1) is 22.7 Å². The van der Waals surface area contributed by atoms with Crippen LogP contribution in [-0.4, -0.2) is 18.0 Å². The number of nitrogens with two attached hydrogens (primary N) is 1. The van der Waals surface area contributed by atoms with Gasteiger partial charge in [0.05, 0.1) is 17.4 Å². The molecular formula is C11H21N3O. The molecule has 0 aliphatic heterocycles. The molecule has 3 N–H and O–H groups in total. The van der Waals surface area contributed by atoms with Gasteiger partial charge in [0.25, 0.3) is 0 Å². The summed E-state index contributed by atoms with van der Waals surface area (Å²) in [4.78, 5) is 11.8. The molecular weight excluding hydrogens is 190 g/mol. The number of nitriles is 1. The molecule has 0 aliphatic rings. The second kappa shape index (κ2) is 4.63. The van der Waals surface area contributed by atoms with Crippen molar-refractivity contribution in [1.29, 1.82) is 5.26 Å². The Morgan fingerprint density at radius 3 is 2.27 bits per heavy atom. The van der Waals surface area contributed by atoms with Crippen LogP contribution >= 0.6 is 0 Å². The Kier molecular flexibility index (Phi) is 4.29. The van der Waals surface area contributed by atoms with Crippen LogP contribution in [0.3, 0.4) is 0 Å². The highest BCUT2D eigenvalue weighted by Crippen LogP contribution is 2.28. The largest absolute Gasteiger partial charge is 0.354 e. The first-order chi connectivity index (χ1) is 6.63. The standard InChI is InChI=1S/C11H21N3O/c1-8(6-12)7-14-9(15)10(2,3)11(4,5)13/h8H,7,13H2,1-5H3,(H,14,15). The number of carbonyl (C=O) groups excluding carboxylic acids is 1. The molecule has 0 aliphatic carbocycles. The smallest absolute Gasteiger partial charge is 0.227 e. The lowest BCUT2D eigenvalue weighted by molar-refractivity contribution is -0.132. The molecule has 4 nitrogen and oxygen atoms in total. The lowest BCUT2D eigenvalue weighted by atomic mass is 9.74. The first-order valence-electron chi connectivity index (χ1n) is 5.09. The topological polar surface area (TPSA) is 78.9 Å². The highest BCUT2D eigenvalue weighted by molar-refractivity contribution is 5.83. The molecule has 0 aromatic rings. The second-order valence-electron chi connectivity index (χ2n) is 5.09. The average Bonchev–Trinajstić information content (AvgIpc) is 2.11. The maximum Gasteiger partial charge on any atom is 0.227 e. The van der Waals surface area contributed by atoms with E-state index >= 15 is 0 Å². The Bertz CT molecular complexity index is 271. The average molecular weight is 211 g/mol. The van der Waals surface area contributed by atoms with Crippen molar-refractivity contribution in [1.82, 2.24) is 5.32 Å². The molecule has 1 amide bonds. The maximum atomic E-state index is 11.8. The van der Waals surface area contributed by atoms with Crippen molar-refractivity contribution in [3.63, 3.8) is 0 Å². The maximum absolute atomic E-state index is 11.8. The van der Waals surface area contributed by atoms with Crippen molar-refractivity contribution in [2.24, 2.45) is 17.1 Å². The highest BCUT2D eigenvalue weighted by atomic mass is 16.2. The van der Waals surface area contributed by atoms with Gasteiger partial charge in [-0.05, 0) is 34.6 Å². The van der Waals surface area contributed by atoms with Crippen LogP contribution in [0.4, 0.5) is 0 Å². The number of amides is 1. The monoisotopic (exact) mass is 211 g/mol. The van der Waals surface area contributed by atoms with Gasteiger partial charge in [-0.15, -0.1) is 0 Å². The number of hydrogen-bond acceptors (Lipinski definition) is 3. The van der Waals surface area contributed by atoms with Gasteiger partial charge < -0.3 is 11.1 Å². The van der Waals surface area contributed by atoms with Gasteiger partial charge in [0.2, 0.25) is 5.91 Å². The van der Waals surface area contributed by atoms with Gasteiger partial charge in [-0.25, -0.2) is 0 Å². The molecule has 0 fully saturated rings. The van der Waals surface area contributed by atoms with E-state index in [0.29, 0.717) is 6.54 Å². The summed E-state index contributed by atoms with van der Waals surface area (Å²) >= 11 is 0. The molecule has 0 saturated carbocycles. The fraction of sp³-hybridized carbons (Fsp3) is 0.818. The summed E-state index contributed by atoms with van der Waals surface area (Å²) < 4.78 is 0. The molecule has 0 rings (SSSR count). The van der Waals surface area contributed by atoms with Crippen LogP contribution in [0.1, 0.15) is 34.6 Å². The predicted octanol–water partition coefficient (Wildman–Crippen LogP) is 1.03. The van der Waals surface area contributed by atoms with Gasteiger partial charge in [0, 0.05) is 12.1 Å². The van der Waals surface area contributed by atoms with E-state index in [4.69, 9.17) is 11.0 Å². The van der Waals surface area contributed by atoms with Gasteiger partial charge >= 0.3 is 0 Å². The van der Waals surface area contributed by atoms with Crippen LogP contribution in [0.15, 0.2) is 0 Å². The van der Waals surface area contributed by atoms with E-state index < -0.39 is 11.0 Å². The van der Waals surface area contributed by atoms with E-state index in [0.717, 1.165) is 0 Å². The first kappa shape index (κ1) is 13.9. The normalized spacial score (nSPS) is 14.2. The minimum atomic E-state index is -0.651. The molecule has 1 atom stereocenters. The number of nitrogens with zero attached hydrogens (tertiary/aromatic N) is 1. The lowest BCUT2D eigenvalue weighted by Gasteiger charge is -2.37. The van der Waals surface area contributed by atoms with E-state index in [1.54, 1.807) is 20.8 Å². The second-order valence-corrected chi connectivity index (χ2v) is 5.09. The van der Waals surface area contributed by atoms with Gasteiger partial charge in [-0.1, -0.05) is 0 Å². The van der Waals surface area contributed by atoms with Crippen LogP contribution in [0.25, 0.3) is 0 Å². The molecule has 0 heterocycles.